The highest BCUT2D eigenvalue weighted by molar-refractivity contribution is 5.91. The SMILES string of the molecule is CCOC(=O)c1ccn2c(=O)c(C(=O)OC)cnc2c1. The maximum Gasteiger partial charge on any atom is 0.345 e. The number of carbonyl (C=O) groups excluding carboxylic acids is 2. The molecule has 0 aliphatic rings. The van der Waals surface area contributed by atoms with Crippen LogP contribution in [0.25, 0.3) is 5.65 Å². The Hall–Kier alpha value is -2.70. The van der Waals surface area contributed by atoms with Gasteiger partial charge in [0.2, 0.25) is 0 Å². The summed E-state index contributed by atoms with van der Waals surface area (Å²) >= 11 is 0. The molecule has 2 aromatic heterocycles. The Morgan fingerprint density at radius 3 is 2.75 bits per heavy atom. The van der Waals surface area contributed by atoms with Crippen LogP contribution in [0.1, 0.15) is 27.6 Å². The molecule has 0 N–H and O–H groups in total. The molecule has 0 bridgehead atoms. The molecule has 0 atom stereocenters. The van der Waals surface area contributed by atoms with Gasteiger partial charge in [-0.3, -0.25) is 9.20 Å². The number of hydrogen-bond acceptors (Lipinski definition) is 6. The summed E-state index contributed by atoms with van der Waals surface area (Å²) in [5.41, 5.74) is -0.205. The lowest BCUT2D eigenvalue weighted by Gasteiger charge is -2.05. The van der Waals surface area contributed by atoms with Gasteiger partial charge in [-0.1, -0.05) is 0 Å². The second kappa shape index (κ2) is 5.52. The van der Waals surface area contributed by atoms with E-state index in [1.54, 1.807) is 6.92 Å². The predicted molar refractivity (Wildman–Crippen MR) is 68.8 cm³/mol. The molecular formula is C13H12N2O5. The second-order valence-electron chi connectivity index (χ2n) is 3.83. The van der Waals surface area contributed by atoms with Gasteiger partial charge in [-0.2, -0.15) is 0 Å². The van der Waals surface area contributed by atoms with E-state index in [4.69, 9.17) is 4.74 Å². The first kappa shape index (κ1) is 13.7. The van der Waals surface area contributed by atoms with Gasteiger partial charge in [-0.25, -0.2) is 14.6 Å². The zero-order valence-electron chi connectivity index (χ0n) is 11.0. The molecule has 104 valence electrons. The number of hydrogen-bond donors (Lipinski definition) is 0. The molecular weight excluding hydrogens is 264 g/mol. The van der Waals surface area contributed by atoms with Crippen molar-refractivity contribution in [3.63, 3.8) is 0 Å². The molecule has 0 amide bonds. The smallest absolute Gasteiger partial charge is 0.345 e. The molecule has 20 heavy (non-hydrogen) atoms. The summed E-state index contributed by atoms with van der Waals surface area (Å²) in [4.78, 5) is 39.0. The minimum Gasteiger partial charge on any atom is -0.465 e. The van der Waals surface area contributed by atoms with Crippen LogP contribution in [0.3, 0.4) is 0 Å². The Morgan fingerprint density at radius 2 is 2.10 bits per heavy atom. The molecule has 7 heteroatoms. The highest BCUT2D eigenvalue weighted by Crippen LogP contribution is 2.06. The summed E-state index contributed by atoms with van der Waals surface area (Å²) in [6.07, 6.45) is 2.49. The number of esters is 2. The summed E-state index contributed by atoms with van der Waals surface area (Å²) in [5, 5.41) is 0. The standard InChI is InChI=1S/C13H12N2O5/c1-3-20-12(17)8-4-5-15-10(6-8)14-7-9(11(15)16)13(18)19-2/h4-7H,3H2,1-2H3. The van der Waals surface area contributed by atoms with Crippen LogP contribution in [-0.2, 0) is 9.47 Å². The van der Waals surface area contributed by atoms with E-state index in [0.717, 1.165) is 10.6 Å². The van der Waals surface area contributed by atoms with Crippen LogP contribution in [-0.4, -0.2) is 35.0 Å². The number of pyridine rings is 1. The van der Waals surface area contributed by atoms with Gasteiger partial charge < -0.3 is 9.47 Å². The monoisotopic (exact) mass is 276 g/mol. The summed E-state index contributed by atoms with van der Waals surface area (Å²) in [5.74, 6) is -1.26. The number of ether oxygens (including phenoxy) is 2. The van der Waals surface area contributed by atoms with Crippen molar-refractivity contribution in [2.24, 2.45) is 0 Å². The van der Waals surface area contributed by atoms with Crippen molar-refractivity contribution >= 4 is 17.6 Å². The van der Waals surface area contributed by atoms with Crippen LogP contribution in [0.15, 0.2) is 29.3 Å². The highest BCUT2D eigenvalue weighted by Gasteiger charge is 2.14. The topological polar surface area (TPSA) is 87.0 Å². The molecule has 2 rings (SSSR count). The van der Waals surface area contributed by atoms with Crippen LogP contribution in [0.5, 0.6) is 0 Å². The number of nitrogens with zero attached hydrogens (tertiary/aromatic N) is 2. The summed E-state index contributed by atoms with van der Waals surface area (Å²) in [6.45, 7) is 1.95. The molecule has 0 unspecified atom stereocenters. The molecule has 7 nitrogen and oxygen atoms in total. The molecule has 0 saturated heterocycles. The van der Waals surface area contributed by atoms with Crippen LogP contribution in [0.2, 0.25) is 0 Å². The van der Waals surface area contributed by atoms with Gasteiger partial charge in [0.25, 0.3) is 5.56 Å². The van der Waals surface area contributed by atoms with Gasteiger partial charge in [-0.15, -0.1) is 0 Å². The maximum absolute atomic E-state index is 12.0. The fourth-order valence-corrected chi connectivity index (χ4v) is 1.67. The first-order valence-corrected chi connectivity index (χ1v) is 5.85. The van der Waals surface area contributed by atoms with Crippen molar-refractivity contribution in [1.82, 2.24) is 9.38 Å². The third-order valence-electron chi connectivity index (χ3n) is 2.63. The molecule has 0 radical (unpaired) electrons. The van der Waals surface area contributed by atoms with Crippen LogP contribution in [0, 0.1) is 0 Å². The van der Waals surface area contributed by atoms with Crippen molar-refractivity contribution in [2.75, 3.05) is 13.7 Å². The van der Waals surface area contributed by atoms with Gasteiger partial charge in [0.15, 0.2) is 0 Å². The van der Waals surface area contributed by atoms with E-state index < -0.39 is 17.5 Å². The normalized spacial score (nSPS) is 10.3. The third kappa shape index (κ3) is 2.37. The summed E-state index contributed by atoms with van der Waals surface area (Å²) < 4.78 is 10.5. The Bertz CT molecular complexity index is 735. The highest BCUT2D eigenvalue weighted by atomic mass is 16.5. The Morgan fingerprint density at radius 1 is 1.35 bits per heavy atom. The number of rotatable bonds is 3. The van der Waals surface area contributed by atoms with Gasteiger partial charge in [0, 0.05) is 12.4 Å². The van der Waals surface area contributed by atoms with Crippen LogP contribution < -0.4 is 5.56 Å². The molecule has 0 fully saturated rings. The van der Waals surface area contributed by atoms with Gasteiger partial charge in [0.1, 0.15) is 11.2 Å². The van der Waals surface area contributed by atoms with Gasteiger partial charge in [-0.05, 0) is 19.1 Å². The van der Waals surface area contributed by atoms with E-state index in [-0.39, 0.29) is 23.4 Å². The van der Waals surface area contributed by atoms with Crippen molar-refractivity contribution in [1.29, 1.82) is 0 Å². The quantitative estimate of drug-likeness (QED) is 0.765. The van der Waals surface area contributed by atoms with Crippen LogP contribution >= 0.6 is 0 Å². The van der Waals surface area contributed by atoms with E-state index in [1.807, 2.05) is 0 Å². The molecule has 0 aromatic carbocycles. The molecule has 0 aliphatic heterocycles. The Labute approximate surface area is 113 Å². The second-order valence-corrected chi connectivity index (χ2v) is 3.83. The van der Waals surface area contributed by atoms with E-state index in [1.165, 1.54) is 25.4 Å². The molecule has 0 saturated carbocycles. The van der Waals surface area contributed by atoms with E-state index in [9.17, 15) is 14.4 Å². The van der Waals surface area contributed by atoms with E-state index in [0.29, 0.717) is 0 Å². The average molecular weight is 276 g/mol. The number of fused-ring (bicyclic) bond motifs is 1. The van der Waals surface area contributed by atoms with Gasteiger partial charge in [0.05, 0.1) is 19.3 Å². The lowest BCUT2D eigenvalue weighted by Crippen LogP contribution is -2.24. The van der Waals surface area contributed by atoms with E-state index in [2.05, 4.69) is 9.72 Å². The van der Waals surface area contributed by atoms with Crippen molar-refractivity contribution in [3.8, 4) is 0 Å². The minimum atomic E-state index is -0.758. The number of carbonyl (C=O) groups is 2. The summed E-state index contributed by atoms with van der Waals surface area (Å²) in [7, 11) is 1.18. The van der Waals surface area contributed by atoms with Crippen molar-refractivity contribution < 1.29 is 19.1 Å². The molecule has 2 aromatic rings. The fourth-order valence-electron chi connectivity index (χ4n) is 1.67. The van der Waals surface area contributed by atoms with Crippen molar-refractivity contribution in [3.05, 3.63) is 46.0 Å². The lowest BCUT2D eigenvalue weighted by atomic mass is 10.2. The van der Waals surface area contributed by atoms with E-state index >= 15 is 0 Å². The lowest BCUT2D eigenvalue weighted by molar-refractivity contribution is 0.0525. The average Bonchev–Trinajstić information content (AvgIpc) is 2.46. The number of methoxy groups -OCH3 is 1. The molecule has 2 heterocycles. The molecule has 0 aliphatic carbocycles. The first-order valence-electron chi connectivity index (χ1n) is 5.85. The Kier molecular flexibility index (Phi) is 3.79. The predicted octanol–water partition coefficient (Wildman–Crippen LogP) is 0.658. The first-order chi connectivity index (χ1) is 9.58. The van der Waals surface area contributed by atoms with Crippen LogP contribution in [0.4, 0.5) is 0 Å². The zero-order chi connectivity index (χ0) is 14.7. The maximum atomic E-state index is 12.0. The van der Waals surface area contributed by atoms with Crippen molar-refractivity contribution in [2.45, 2.75) is 6.92 Å². The fraction of sp³-hybridized carbons (Fsp3) is 0.231. The summed E-state index contributed by atoms with van der Waals surface area (Å²) in [6, 6.07) is 2.84. The zero-order valence-corrected chi connectivity index (χ0v) is 11.0. The molecule has 0 spiro atoms. The van der Waals surface area contributed by atoms with Gasteiger partial charge >= 0.3 is 11.9 Å². The third-order valence-corrected chi connectivity index (χ3v) is 2.63. The largest absolute Gasteiger partial charge is 0.465 e. The minimum absolute atomic E-state index is 0.172. The number of aromatic nitrogens is 2. The Balaban J connectivity index is 2.54.